The van der Waals surface area contributed by atoms with Gasteiger partial charge >= 0.3 is 0 Å². The molecule has 1 aromatic heterocycles. The van der Waals surface area contributed by atoms with E-state index in [1.807, 2.05) is 26.2 Å². The molecule has 0 atom stereocenters. The van der Waals surface area contributed by atoms with Crippen LogP contribution in [0.5, 0.6) is 0 Å². The highest BCUT2D eigenvalue weighted by Crippen LogP contribution is 2.05. The van der Waals surface area contributed by atoms with Gasteiger partial charge in [0, 0.05) is 38.2 Å². The Morgan fingerprint density at radius 1 is 1.67 bits per heavy atom. The van der Waals surface area contributed by atoms with E-state index >= 15 is 0 Å². The van der Waals surface area contributed by atoms with Crippen molar-refractivity contribution in [2.24, 2.45) is 0 Å². The molecule has 1 N–H and O–H groups in total. The first-order valence-corrected chi connectivity index (χ1v) is 4.99. The van der Waals surface area contributed by atoms with E-state index in [4.69, 9.17) is 4.74 Å². The first kappa shape index (κ1) is 11.9. The van der Waals surface area contributed by atoms with Crippen molar-refractivity contribution in [1.29, 1.82) is 0 Å². The van der Waals surface area contributed by atoms with Crippen LogP contribution < -0.4 is 5.32 Å². The highest BCUT2D eigenvalue weighted by Gasteiger charge is 2.14. The molecule has 0 amide bonds. The van der Waals surface area contributed by atoms with Gasteiger partial charge in [-0.2, -0.15) is 5.10 Å². The number of aromatic nitrogens is 2. The number of nitrogens with zero attached hydrogens (tertiary/aromatic N) is 2. The van der Waals surface area contributed by atoms with E-state index in [1.165, 1.54) is 0 Å². The van der Waals surface area contributed by atoms with E-state index in [1.54, 1.807) is 18.0 Å². The molecule has 0 aliphatic rings. The molecule has 15 heavy (non-hydrogen) atoms. The van der Waals surface area contributed by atoms with Gasteiger partial charge in [-0.1, -0.05) is 6.58 Å². The van der Waals surface area contributed by atoms with Crippen molar-refractivity contribution in [1.82, 2.24) is 15.1 Å². The average Bonchev–Trinajstić information content (AvgIpc) is 2.66. The number of nitrogens with one attached hydrogen (secondary N) is 1. The van der Waals surface area contributed by atoms with E-state index < -0.39 is 0 Å². The van der Waals surface area contributed by atoms with Crippen molar-refractivity contribution >= 4 is 6.20 Å². The predicted molar refractivity (Wildman–Crippen MR) is 61.4 cm³/mol. The van der Waals surface area contributed by atoms with E-state index in [9.17, 15) is 0 Å². The van der Waals surface area contributed by atoms with Crippen LogP contribution in [0.15, 0.2) is 19.0 Å². The Labute approximate surface area is 90.9 Å². The zero-order valence-corrected chi connectivity index (χ0v) is 9.66. The molecule has 0 saturated carbocycles. The lowest BCUT2D eigenvalue weighted by atomic mass is 10.1. The molecular formula is C11H19N3O. The third-order valence-electron chi connectivity index (χ3n) is 2.27. The number of hydrogen-bond donors (Lipinski definition) is 1. The van der Waals surface area contributed by atoms with Crippen LogP contribution in [0.2, 0.25) is 0 Å². The molecule has 1 aromatic rings. The van der Waals surface area contributed by atoms with Gasteiger partial charge < -0.3 is 10.1 Å². The van der Waals surface area contributed by atoms with Gasteiger partial charge in [-0.15, -0.1) is 0 Å². The quantitative estimate of drug-likeness (QED) is 0.771. The lowest BCUT2D eigenvalue weighted by Gasteiger charge is -2.22. The van der Waals surface area contributed by atoms with Crippen LogP contribution in [0.1, 0.15) is 19.4 Å². The first-order valence-electron chi connectivity index (χ1n) is 4.99. The van der Waals surface area contributed by atoms with Crippen molar-refractivity contribution in [2.45, 2.75) is 26.0 Å². The summed E-state index contributed by atoms with van der Waals surface area (Å²) in [6, 6.07) is 0. The van der Waals surface area contributed by atoms with Crippen LogP contribution in [0.4, 0.5) is 0 Å². The molecule has 0 saturated heterocycles. The van der Waals surface area contributed by atoms with Gasteiger partial charge in [-0.25, -0.2) is 4.68 Å². The van der Waals surface area contributed by atoms with E-state index in [-0.39, 0.29) is 5.60 Å². The highest BCUT2D eigenvalue weighted by atomic mass is 16.5. The zero-order valence-electron chi connectivity index (χ0n) is 9.66. The molecule has 0 bridgehead atoms. The van der Waals surface area contributed by atoms with Crippen molar-refractivity contribution in [3.05, 3.63) is 24.5 Å². The average molecular weight is 209 g/mol. The Morgan fingerprint density at radius 2 is 2.40 bits per heavy atom. The highest BCUT2D eigenvalue weighted by molar-refractivity contribution is 5.17. The molecule has 0 spiro atoms. The normalized spacial score (nSPS) is 11.7. The lowest BCUT2D eigenvalue weighted by molar-refractivity contribution is 0.0230. The Hall–Kier alpha value is -1.13. The molecule has 0 aliphatic heterocycles. The molecule has 0 aromatic carbocycles. The maximum absolute atomic E-state index is 5.30. The second-order valence-electron chi connectivity index (χ2n) is 4.08. The number of rotatable bonds is 6. The molecule has 0 aliphatic carbocycles. The van der Waals surface area contributed by atoms with Crippen molar-refractivity contribution in [2.75, 3.05) is 13.7 Å². The van der Waals surface area contributed by atoms with Gasteiger partial charge in [0.15, 0.2) is 0 Å². The van der Waals surface area contributed by atoms with Gasteiger partial charge in [0.1, 0.15) is 0 Å². The van der Waals surface area contributed by atoms with E-state index in [2.05, 4.69) is 17.0 Å². The van der Waals surface area contributed by atoms with Gasteiger partial charge in [0.25, 0.3) is 0 Å². The minimum Gasteiger partial charge on any atom is -0.377 e. The van der Waals surface area contributed by atoms with Crippen LogP contribution in [0.3, 0.4) is 0 Å². The van der Waals surface area contributed by atoms with Crippen molar-refractivity contribution < 1.29 is 4.74 Å². The van der Waals surface area contributed by atoms with Gasteiger partial charge in [0.05, 0.1) is 11.8 Å². The molecule has 4 heteroatoms. The summed E-state index contributed by atoms with van der Waals surface area (Å²) in [4.78, 5) is 0. The smallest absolute Gasteiger partial charge is 0.0746 e. The summed E-state index contributed by atoms with van der Waals surface area (Å²) in [5, 5.41) is 7.41. The fraction of sp³-hybridized carbons (Fsp3) is 0.545. The molecule has 0 fully saturated rings. The molecule has 1 rings (SSSR count). The number of ether oxygens (including phenoxy) is 1. The summed E-state index contributed by atoms with van der Waals surface area (Å²) in [5.41, 5.74) is 1.01. The minimum atomic E-state index is -0.131. The van der Waals surface area contributed by atoms with Gasteiger partial charge in [-0.05, 0) is 13.8 Å². The Balaban J connectivity index is 2.34. The second kappa shape index (κ2) is 5.09. The third kappa shape index (κ3) is 3.85. The number of methoxy groups -OCH3 is 1. The van der Waals surface area contributed by atoms with Crippen LogP contribution in [-0.4, -0.2) is 29.0 Å². The summed E-state index contributed by atoms with van der Waals surface area (Å²) >= 11 is 0. The SMILES string of the molecule is C=Cn1cc(CNCC(C)(C)OC)cn1. The topological polar surface area (TPSA) is 39.1 Å². The minimum absolute atomic E-state index is 0.131. The summed E-state index contributed by atoms with van der Waals surface area (Å²) in [7, 11) is 1.72. The van der Waals surface area contributed by atoms with Crippen LogP contribution in [-0.2, 0) is 11.3 Å². The second-order valence-corrected chi connectivity index (χ2v) is 4.08. The molecule has 0 unspecified atom stereocenters. The first-order chi connectivity index (χ1) is 7.07. The van der Waals surface area contributed by atoms with Gasteiger partial charge in [-0.3, -0.25) is 0 Å². The van der Waals surface area contributed by atoms with Crippen LogP contribution in [0, 0.1) is 0 Å². The van der Waals surface area contributed by atoms with E-state index in [0.29, 0.717) is 0 Å². The Kier molecular flexibility index (Phi) is 4.05. The van der Waals surface area contributed by atoms with Crippen molar-refractivity contribution in [3.63, 3.8) is 0 Å². The maximum Gasteiger partial charge on any atom is 0.0746 e. The lowest BCUT2D eigenvalue weighted by Crippen LogP contribution is -2.36. The Bertz CT molecular complexity index is 317. The summed E-state index contributed by atoms with van der Waals surface area (Å²) in [5.74, 6) is 0. The van der Waals surface area contributed by atoms with Crippen LogP contribution >= 0.6 is 0 Å². The predicted octanol–water partition coefficient (Wildman–Crippen LogP) is 1.50. The monoisotopic (exact) mass is 209 g/mol. The van der Waals surface area contributed by atoms with Crippen LogP contribution in [0.25, 0.3) is 6.20 Å². The summed E-state index contributed by atoms with van der Waals surface area (Å²) in [6.07, 6.45) is 5.44. The Morgan fingerprint density at radius 3 is 2.93 bits per heavy atom. The van der Waals surface area contributed by atoms with E-state index in [0.717, 1.165) is 18.7 Å². The fourth-order valence-corrected chi connectivity index (χ4v) is 1.15. The molecule has 1 heterocycles. The standard InChI is InChI=1S/C11H19N3O/c1-5-14-8-10(7-13-14)6-12-9-11(2,3)15-4/h5,7-8,12H,1,6,9H2,2-4H3. The van der Waals surface area contributed by atoms with Crippen molar-refractivity contribution in [3.8, 4) is 0 Å². The maximum atomic E-state index is 5.30. The van der Waals surface area contributed by atoms with Gasteiger partial charge in [0.2, 0.25) is 0 Å². The summed E-state index contributed by atoms with van der Waals surface area (Å²) in [6.45, 7) is 9.34. The molecule has 0 radical (unpaired) electrons. The molecule has 84 valence electrons. The molecular weight excluding hydrogens is 190 g/mol. The fourth-order valence-electron chi connectivity index (χ4n) is 1.15. The summed E-state index contributed by atoms with van der Waals surface area (Å²) < 4.78 is 7.00. The molecule has 4 nitrogen and oxygen atoms in total. The largest absolute Gasteiger partial charge is 0.377 e. The number of hydrogen-bond acceptors (Lipinski definition) is 3. The third-order valence-corrected chi connectivity index (χ3v) is 2.27. The zero-order chi connectivity index (χ0) is 11.3.